The molecule has 0 saturated heterocycles. The molecule has 0 amide bonds. The second-order valence-electron chi connectivity index (χ2n) is 13.3. The van der Waals surface area contributed by atoms with Crippen molar-refractivity contribution in [2.24, 2.45) is 0 Å². The first-order chi connectivity index (χ1) is 25.8. The molecule has 1 nitrogen and oxygen atoms in total. The van der Waals surface area contributed by atoms with Crippen molar-refractivity contribution in [3.63, 3.8) is 0 Å². The van der Waals surface area contributed by atoms with Crippen LogP contribution in [0.25, 0.3) is 60.5 Å². The van der Waals surface area contributed by atoms with Crippen molar-refractivity contribution < 1.29 is 0 Å². The molecule has 0 N–H and O–H groups in total. The maximum atomic E-state index is 2.48. The van der Waals surface area contributed by atoms with Crippen LogP contribution in [-0.4, -0.2) is 0 Å². The van der Waals surface area contributed by atoms with Crippen molar-refractivity contribution in [2.75, 3.05) is 4.90 Å². The number of benzene rings is 8. The third-order valence-electron chi connectivity index (χ3n) is 10.1. The third-order valence-corrected chi connectivity index (χ3v) is 10.1. The van der Waals surface area contributed by atoms with Crippen molar-refractivity contribution in [1.29, 1.82) is 0 Å². The molecule has 0 saturated carbocycles. The lowest BCUT2D eigenvalue weighted by Gasteiger charge is -2.31. The molecule has 8 aromatic rings. The van der Waals surface area contributed by atoms with E-state index in [9.17, 15) is 0 Å². The van der Waals surface area contributed by atoms with Crippen molar-refractivity contribution in [1.82, 2.24) is 0 Å². The van der Waals surface area contributed by atoms with Gasteiger partial charge in [0, 0.05) is 16.8 Å². The topological polar surface area (TPSA) is 3.24 Å². The summed E-state index contributed by atoms with van der Waals surface area (Å²) in [6.45, 7) is 0. The number of hydrogen-bond donors (Lipinski definition) is 0. The van der Waals surface area contributed by atoms with E-state index in [2.05, 4.69) is 217 Å². The third kappa shape index (κ3) is 6.14. The number of anilines is 2. The molecule has 0 heterocycles. The van der Waals surface area contributed by atoms with Gasteiger partial charge in [-0.25, -0.2) is 0 Å². The Bertz CT molecular complexity index is 2640. The summed E-state index contributed by atoms with van der Waals surface area (Å²) in [4.78, 5) is 2.48. The fraction of sp³-hybridized carbons (Fsp3) is 0.0196. The van der Waals surface area contributed by atoms with Crippen LogP contribution in [0.15, 0.2) is 218 Å². The van der Waals surface area contributed by atoms with Gasteiger partial charge in [-0.15, -0.1) is 0 Å². The lowest BCUT2D eigenvalue weighted by Crippen LogP contribution is -2.17. The number of nitrogens with zero attached hydrogens (tertiary/aromatic N) is 1. The lowest BCUT2D eigenvalue weighted by molar-refractivity contribution is 1.19. The van der Waals surface area contributed by atoms with Gasteiger partial charge in [-0.2, -0.15) is 0 Å². The van der Waals surface area contributed by atoms with E-state index in [0.29, 0.717) is 0 Å². The molecule has 9 rings (SSSR count). The first-order valence-electron chi connectivity index (χ1n) is 18.0. The van der Waals surface area contributed by atoms with Crippen molar-refractivity contribution in [3.05, 3.63) is 224 Å². The molecule has 0 radical (unpaired) electrons. The number of allylic oxidation sites excluding steroid dienone is 5. The molecular formula is C51H37N. The Morgan fingerprint density at radius 3 is 1.60 bits per heavy atom. The van der Waals surface area contributed by atoms with Gasteiger partial charge < -0.3 is 4.90 Å². The molecule has 0 unspecified atom stereocenters. The van der Waals surface area contributed by atoms with Crippen molar-refractivity contribution >= 4 is 38.5 Å². The number of rotatable bonds is 7. The zero-order chi connectivity index (χ0) is 34.7. The summed E-state index contributed by atoms with van der Waals surface area (Å²) in [5, 5.41) is 4.94. The lowest BCUT2D eigenvalue weighted by atomic mass is 9.93. The Balaban J connectivity index is 1.29. The van der Waals surface area contributed by atoms with E-state index in [-0.39, 0.29) is 0 Å². The van der Waals surface area contributed by atoms with Gasteiger partial charge in [0.05, 0.1) is 11.4 Å². The standard InChI is InChI=1S/C51H37N/c1-3-14-37(15-4-1)38-22-13-23-47(32-30-38)52(50-25-12-11-24-48(50)41-18-5-2-6-19-41)51-36-45(44-28-26-39-16-7-9-20-42(39)34-44)31-33-49(51)46-29-27-40-17-8-10-21-43(40)35-46/h1-12,14-36H,13H2. The van der Waals surface area contributed by atoms with E-state index in [0.717, 1.165) is 23.5 Å². The van der Waals surface area contributed by atoms with Crippen LogP contribution >= 0.6 is 0 Å². The van der Waals surface area contributed by atoms with Gasteiger partial charge >= 0.3 is 0 Å². The summed E-state index contributed by atoms with van der Waals surface area (Å²) in [6, 6.07) is 68.1. The summed E-state index contributed by atoms with van der Waals surface area (Å²) in [5.41, 5.74) is 12.9. The Morgan fingerprint density at radius 1 is 0.327 bits per heavy atom. The highest BCUT2D eigenvalue weighted by Crippen LogP contribution is 2.45. The molecule has 246 valence electrons. The van der Waals surface area contributed by atoms with Gasteiger partial charge in [0.2, 0.25) is 0 Å². The molecule has 0 bridgehead atoms. The van der Waals surface area contributed by atoms with Crippen LogP contribution < -0.4 is 4.90 Å². The minimum atomic E-state index is 0.812. The smallest absolute Gasteiger partial charge is 0.0546 e. The zero-order valence-corrected chi connectivity index (χ0v) is 28.9. The van der Waals surface area contributed by atoms with Gasteiger partial charge in [-0.1, -0.05) is 182 Å². The van der Waals surface area contributed by atoms with E-state index in [1.165, 1.54) is 66.1 Å². The molecule has 8 aromatic carbocycles. The Kier molecular flexibility index (Phi) is 8.37. The van der Waals surface area contributed by atoms with Crippen LogP contribution in [0.5, 0.6) is 0 Å². The largest absolute Gasteiger partial charge is 0.310 e. The molecule has 1 aliphatic rings. The Labute approximate surface area is 305 Å². The van der Waals surface area contributed by atoms with E-state index >= 15 is 0 Å². The summed E-state index contributed by atoms with van der Waals surface area (Å²) in [7, 11) is 0. The van der Waals surface area contributed by atoms with E-state index in [1.807, 2.05) is 0 Å². The van der Waals surface area contributed by atoms with Gasteiger partial charge in [-0.3, -0.25) is 0 Å². The minimum Gasteiger partial charge on any atom is -0.310 e. The molecule has 0 atom stereocenters. The summed E-state index contributed by atoms with van der Waals surface area (Å²) < 4.78 is 0. The highest BCUT2D eigenvalue weighted by Gasteiger charge is 2.23. The molecule has 0 aliphatic heterocycles. The molecule has 0 fully saturated rings. The van der Waals surface area contributed by atoms with E-state index < -0.39 is 0 Å². The van der Waals surface area contributed by atoms with Gasteiger partial charge in [0.15, 0.2) is 0 Å². The molecule has 1 aliphatic carbocycles. The molecule has 0 spiro atoms. The summed E-state index contributed by atoms with van der Waals surface area (Å²) in [5.74, 6) is 0. The minimum absolute atomic E-state index is 0.812. The zero-order valence-electron chi connectivity index (χ0n) is 28.9. The maximum absolute atomic E-state index is 2.48. The monoisotopic (exact) mass is 663 g/mol. The average Bonchev–Trinajstić information content (AvgIpc) is 3.48. The quantitative estimate of drug-likeness (QED) is 0.164. The normalized spacial score (nSPS) is 12.7. The van der Waals surface area contributed by atoms with Crippen molar-refractivity contribution in [2.45, 2.75) is 6.42 Å². The number of para-hydroxylation sites is 1. The van der Waals surface area contributed by atoms with Crippen molar-refractivity contribution in [3.8, 4) is 33.4 Å². The van der Waals surface area contributed by atoms with Crippen LogP contribution in [0, 0.1) is 0 Å². The van der Waals surface area contributed by atoms with E-state index in [4.69, 9.17) is 0 Å². The first kappa shape index (κ1) is 31.3. The highest BCUT2D eigenvalue weighted by molar-refractivity contribution is 5.97. The van der Waals surface area contributed by atoms with Crippen LogP contribution in [-0.2, 0) is 0 Å². The van der Waals surface area contributed by atoms with Gasteiger partial charge in [-0.05, 0) is 91.7 Å². The van der Waals surface area contributed by atoms with Crippen LogP contribution in [0.3, 0.4) is 0 Å². The predicted molar refractivity (Wildman–Crippen MR) is 223 cm³/mol. The summed E-state index contributed by atoms with van der Waals surface area (Å²) in [6.07, 6.45) is 10.1. The SMILES string of the molecule is C1=CC(N(c2ccccc2-c2ccccc2)c2cc(-c3ccc4ccccc4c3)ccc2-c2ccc3ccccc3c2)=CCC=C1c1ccccc1. The second kappa shape index (κ2) is 13.9. The number of hydrogen-bond acceptors (Lipinski definition) is 1. The Hall–Kier alpha value is -6.70. The van der Waals surface area contributed by atoms with Gasteiger partial charge in [0.25, 0.3) is 0 Å². The Morgan fingerprint density at radius 2 is 0.865 bits per heavy atom. The molecule has 52 heavy (non-hydrogen) atoms. The fourth-order valence-electron chi connectivity index (χ4n) is 7.43. The van der Waals surface area contributed by atoms with Crippen LogP contribution in [0.2, 0.25) is 0 Å². The fourth-order valence-corrected chi connectivity index (χ4v) is 7.43. The van der Waals surface area contributed by atoms with E-state index in [1.54, 1.807) is 0 Å². The summed E-state index contributed by atoms with van der Waals surface area (Å²) >= 11 is 0. The first-order valence-corrected chi connectivity index (χ1v) is 18.0. The van der Waals surface area contributed by atoms with Gasteiger partial charge in [0.1, 0.15) is 0 Å². The van der Waals surface area contributed by atoms with Crippen LogP contribution in [0.1, 0.15) is 12.0 Å². The average molecular weight is 664 g/mol. The molecule has 0 aromatic heterocycles. The molecular weight excluding hydrogens is 627 g/mol. The van der Waals surface area contributed by atoms with Crippen LogP contribution in [0.4, 0.5) is 11.4 Å². The predicted octanol–water partition coefficient (Wildman–Crippen LogP) is 14.1. The maximum Gasteiger partial charge on any atom is 0.0546 e. The number of fused-ring (bicyclic) bond motifs is 2. The molecule has 1 heteroatoms. The second-order valence-corrected chi connectivity index (χ2v) is 13.3. The highest BCUT2D eigenvalue weighted by atomic mass is 15.2.